The van der Waals surface area contributed by atoms with E-state index in [1.54, 1.807) is 0 Å². The summed E-state index contributed by atoms with van der Waals surface area (Å²) >= 11 is 0. The van der Waals surface area contributed by atoms with Crippen LogP contribution >= 0.6 is 0 Å². The summed E-state index contributed by atoms with van der Waals surface area (Å²) in [6, 6.07) is 12.0. The molecule has 1 saturated carbocycles. The van der Waals surface area contributed by atoms with Crippen LogP contribution in [0.4, 0.5) is 0 Å². The van der Waals surface area contributed by atoms with Gasteiger partial charge < -0.3 is 15.3 Å². The number of benzene rings is 1. The number of nitrogens with one attached hydrogen (secondary N) is 1. The number of hydrogen-bond donors (Lipinski definition) is 2. The molecule has 1 aliphatic rings. The largest absolute Gasteiger partial charge is 0.396 e. The van der Waals surface area contributed by atoms with Crippen molar-refractivity contribution in [2.75, 3.05) is 27.2 Å². The van der Waals surface area contributed by atoms with Gasteiger partial charge in [-0.3, -0.25) is 0 Å². The molecule has 2 rings (SSSR count). The van der Waals surface area contributed by atoms with E-state index in [4.69, 9.17) is 0 Å². The lowest BCUT2D eigenvalue weighted by Crippen LogP contribution is -2.40. The van der Waals surface area contributed by atoms with Gasteiger partial charge in [0.05, 0.1) is 0 Å². The molecule has 2 N–H and O–H groups in total. The first kappa shape index (κ1) is 16.5. The van der Waals surface area contributed by atoms with Gasteiger partial charge in [-0.05, 0) is 57.7 Å². The van der Waals surface area contributed by atoms with Crippen LogP contribution < -0.4 is 5.32 Å². The Balaban J connectivity index is 1.80. The van der Waals surface area contributed by atoms with Gasteiger partial charge in [-0.2, -0.15) is 0 Å². The standard InChI is InChI=1S/C18H30N2O/c1-20(2)18-10-8-17(9-11-18)19-14-16(12-13-21)15-6-4-3-5-7-15/h3-7,16-19,21H,8-14H2,1-2H3. The van der Waals surface area contributed by atoms with Crippen LogP contribution in [0.3, 0.4) is 0 Å². The van der Waals surface area contributed by atoms with Gasteiger partial charge in [-0.1, -0.05) is 30.3 Å². The second-order valence-electron chi connectivity index (χ2n) is 6.50. The van der Waals surface area contributed by atoms with E-state index in [-0.39, 0.29) is 6.61 Å². The predicted octanol–water partition coefficient (Wildman–Crippen LogP) is 2.62. The molecule has 0 amide bonds. The van der Waals surface area contributed by atoms with Gasteiger partial charge in [0.25, 0.3) is 0 Å². The molecule has 0 saturated heterocycles. The van der Waals surface area contributed by atoms with Crippen LogP contribution in [0.5, 0.6) is 0 Å². The maximum absolute atomic E-state index is 9.30. The number of hydrogen-bond acceptors (Lipinski definition) is 3. The van der Waals surface area contributed by atoms with Crippen LogP contribution in [0.1, 0.15) is 43.6 Å². The molecule has 21 heavy (non-hydrogen) atoms. The SMILES string of the molecule is CN(C)C1CCC(NCC(CCO)c2ccccc2)CC1. The topological polar surface area (TPSA) is 35.5 Å². The van der Waals surface area contributed by atoms with Gasteiger partial charge in [-0.25, -0.2) is 0 Å². The van der Waals surface area contributed by atoms with Crippen molar-refractivity contribution in [1.29, 1.82) is 0 Å². The van der Waals surface area contributed by atoms with E-state index in [0.717, 1.165) is 19.0 Å². The minimum atomic E-state index is 0.259. The van der Waals surface area contributed by atoms with Crippen molar-refractivity contribution in [2.45, 2.75) is 50.1 Å². The number of aliphatic hydroxyl groups is 1. The Morgan fingerprint density at radius 1 is 1.14 bits per heavy atom. The third-order valence-corrected chi connectivity index (χ3v) is 4.83. The Bertz CT molecular complexity index is 385. The van der Waals surface area contributed by atoms with Crippen LogP contribution in [0.25, 0.3) is 0 Å². The summed E-state index contributed by atoms with van der Waals surface area (Å²) in [7, 11) is 4.37. The Kier molecular flexibility index (Phi) is 6.68. The second-order valence-corrected chi connectivity index (χ2v) is 6.50. The maximum atomic E-state index is 9.30. The number of nitrogens with zero attached hydrogens (tertiary/aromatic N) is 1. The molecule has 0 radical (unpaired) electrons. The lowest BCUT2D eigenvalue weighted by atomic mass is 9.89. The van der Waals surface area contributed by atoms with Crippen molar-refractivity contribution in [3.05, 3.63) is 35.9 Å². The Morgan fingerprint density at radius 2 is 1.81 bits per heavy atom. The maximum Gasteiger partial charge on any atom is 0.0437 e. The highest BCUT2D eigenvalue weighted by atomic mass is 16.3. The van der Waals surface area contributed by atoms with Crippen molar-refractivity contribution in [3.8, 4) is 0 Å². The van der Waals surface area contributed by atoms with E-state index >= 15 is 0 Å². The van der Waals surface area contributed by atoms with E-state index in [1.165, 1.54) is 31.2 Å². The average Bonchev–Trinajstić information content (AvgIpc) is 2.52. The summed E-state index contributed by atoms with van der Waals surface area (Å²) < 4.78 is 0. The minimum absolute atomic E-state index is 0.259. The summed E-state index contributed by atoms with van der Waals surface area (Å²) in [5.41, 5.74) is 1.33. The zero-order valence-corrected chi connectivity index (χ0v) is 13.5. The van der Waals surface area contributed by atoms with Gasteiger partial charge in [-0.15, -0.1) is 0 Å². The molecule has 1 fully saturated rings. The van der Waals surface area contributed by atoms with Crippen LogP contribution in [0.15, 0.2) is 30.3 Å². The highest BCUT2D eigenvalue weighted by molar-refractivity contribution is 5.19. The molecule has 1 unspecified atom stereocenters. The summed E-state index contributed by atoms with van der Waals surface area (Å²) in [4.78, 5) is 2.36. The molecule has 3 heteroatoms. The van der Waals surface area contributed by atoms with Gasteiger partial charge in [0, 0.05) is 25.2 Å². The minimum Gasteiger partial charge on any atom is -0.396 e. The molecule has 3 nitrogen and oxygen atoms in total. The summed E-state index contributed by atoms with van der Waals surface area (Å²) in [5, 5.41) is 13.0. The third-order valence-electron chi connectivity index (χ3n) is 4.83. The first-order chi connectivity index (χ1) is 10.2. The number of aliphatic hydroxyl groups excluding tert-OH is 1. The first-order valence-corrected chi connectivity index (χ1v) is 8.26. The van der Waals surface area contributed by atoms with E-state index in [9.17, 15) is 5.11 Å². The fourth-order valence-electron chi connectivity index (χ4n) is 3.37. The monoisotopic (exact) mass is 290 g/mol. The van der Waals surface area contributed by atoms with Gasteiger partial charge in [0.1, 0.15) is 0 Å². The zero-order valence-electron chi connectivity index (χ0n) is 13.5. The molecule has 0 bridgehead atoms. The molecule has 0 aliphatic heterocycles. The Labute approximate surface area is 129 Å². The molecule has 1 aromatic rings. The van der Waals surface area contributed by atoms with Crippen molar-refractivity contribution in [2.24, 2.45) is 0 Å². The molecule has 1 aromatic carbocycles. The lowest BCUT2D eigenvalue weighted by molar-refractivity contribution is 0.202. The molecule has 0 spiro atoms. The van der Waals surface area contributed by atoms with Crippen molar-refractivity contribution < 1.29 is 5.11 Å². The zero-order chi connectivity index (χ0) is 15.1. The molecule has 0 heterocycles. The highest BCUT2D eigenvalue weighted by Crippen LogP contribution is 2.23. The van der Waals surface area contributed by atoms with Crippen LogP contribution in [0.2, 0.25) is 0 Å². The molecule has 118 valence electrons. The van der Waals surface area contributed by atoms with Gasteiger partial charge in [0.15, 0.2) is 0 Å². The van der Waals surface area contributed by atoms with E-state index < -0.39 is 0 Å². The Morgan fingerprint density at radius 3 is 2.38 bits per heavy atom. The van der Waals surface area contributed by atoms with Gasteiger partial charge >= 0.3 is 0 Å². The molecular formula is C18H30N2O. The van der Waals surface area contributed by atoms with Crippen molar-refractivity contribution in [1.82, 2.24) is 10.2 Å². The fourth-order valence-corrected chi connectivity index (χ4v) is 3.37. The van der Waals surface area contributed by atoms with Crippen LogP contribution in [-0.2, 0) is 0 Å². The highest BCUT2D eigenvalue weighted by Gasteiger charge is 2.22. The van der Waals surface area contributed by atoms with E-state index in [2.05, 4.69) is 54.6 Å². The van der Waals surface area contributed by atoms with Crippen LogP contribution in [-0.4, -0.2) is 49.3 Å². The fraction of sp³-hybridized carbons (Fsp3) is 0.667. The summed E-state index contributed by atoms with van der Waals surface area (Å²) in [6.45, 7) is 1.23. The van der Waals surface area contributed by atoms with Crippen molar-refractivity contribution in [3.63, 3.8) is 0 Å². The summed E-state index contributed by atoms with van der Waals surface area (Å²) in [6.07, 6.45) is 5.96. The van der Waals surface area contributed by atoms with E-state index in [1.807, 2.05) is 0 Å². The lowest BCUT2D eigenvalue weighted by Gasteiger charge is -2.33. The average molecular weight is 290 g/mol. The molecule has 0 aromatic heterocycles. The number of rotatable bonds is 7. The van der Waals surface area contributed by atoms with Crippen LogP contribution in [0, 0.1) is 0 Å². The normalized spacial score (nSPS) is 24.2. The van der Waals surface area contributed by atoms with Gasteiger partial charge in [0.2, 0.25) is 0 Å². The predicted molar refractivity (Wildman–Crippen MR) is 88.6 cm³/mol. The van der Waals surface area contributed by atoms with Crippen molar-refractivity contribution >= 4 is 0 Å². The van der Waals surface area contributed by atoms with E-state index in [0.29, 0.717) is 12.0 Å². The molecular weight excluding hydrogens is 260 g/mol. The molecule has 1 atom stereocenters. The first-order valence-electron chi connectivity index (χ1n) is 8.26. The summed E-state index contributed by atoms with van der Waals surface area (Å²) in [5.74, 6) is 0.419. The second kappa shape index (κ2) is 8.52. The molecule has 1 aliphatic carbocycles. The smallest absolute Gasteiger partial charge is 0.0437 e. The third kappa shape index (κ3) is 5.10. The Hall–Kier alpha value is -0.900. The quantitative estimate of drug-likeness (QED) is 0.810.